The Morgan fingerprint density at radius 2 is 1.96 bits per heavy atom. The van der Waals surface area contributed by atoms with Gasteiger partial charge >= 0.3 is 7.82 Å². The van der Waals surface area contributed by atoms with Crippen LogP contribution < -0.4 is 10.6 Å². The van der Waals surface area contributed by atoms with Gasteiger partial charge < -0.3 is 20.6 Å². The monoisotopic (exact) mass is 420 g/mol. The normalized spacial score (nSPS) is 25.4. The average Bonchev–Trinajstić information content (AvgIpc) is 3.29. The third-order valence-electron chi connectivity index (χ3n) is 4.79. The quantitative estimate of drug-likeness (QED) is 0.293. The molecule has 2 rings (SSSR count). The number of nitrogens with one attached hydrogen (secondary N) is 2. The van der Waals surface area contributed by atoms with Crippen molar-refractivity contribution in [2.45, 2.75) is 45.6 Å². The van der Waals surface area contributed by atoms with E-state index in [0.29, 0.717) is 24.2 Å². The maximum absolute atomic E-state index is 12.0. The lowest BCUT2D eigenvalue weighted by Crippen LogP contribution is -2.42. The van der Waals surface area contributed by atoms with Crippen LogP contribution in [0.1, 0.15) is 39.5 Å². The number of allylic oxidation sites excluding steroid dienone is 2. The van der Waals surface area contributed by atoms with E-state index in [9.17, 15) is 19.3 Å². The molecule has 5 unspecified atom stereocenters. The zero-order chi connectivity index (χ0) is 21.2. The lowest BCUT2D eigenvalue weighted by Gasteiger charge is -2.18. The highest BCUT2D eigenvalue weighted by molar-refractivity contribution is 7.47. The van der Waals surface area contributed by atoms with Crippen molar-refractivity contribution in [3.63, 3.8) is 0 Å². The van der Waals surface area contributed by atoms with E-state index in [1.165, 1.54) is 0 Å². The van der Waals surface area contributed by atoms with Gasteiger partial charge in [0.15, 0.2) is 0 Å². The van der Waals surface area contributed by atoms with Gasteiger partial charge in [0.2, 0.25) is 11.8 Å². The second-order valence-electron chi connectivity index (χ2n) is 6.74. The summed E-state index contributed by atoms with van der Waals surface area (Å²) in [6.45, 7) is 3.37. The second kappa shape index (κ2) is 12.3. The molecule has 1 saturated carbocycles. The lowest BCUT2D eigenvalue weighted by molar-refractivity contribution is -0.123. The summed E-state index contributed by atoms with van der Waals surface area (Å²) in [6, 6.07) is -0.838. The Morgan fingerprint density at radius 1 is 1.25 bits per heavy atom. The molecule has 28 heavy (non-hydrogen) atoms. The molecule has 0 aromatic rings. The van der Waals surface area contributed by atoms with E-state index in [1.807, 2.05) is 13.8 Å². The van der Waals surface area contributed by atoms with Crippen molar-refractivity contribution in [3.05, 3.63) is 12.2 Å². The number of carbonyl (C=O) groups excluding carboxylic acids is 2. The minimum absolute atomic E-state index is 0.0416. The zero-order valence-corrected chi connectivity index (χ0v) is 17.7. The van der Waals surface area contributed by atoms with Gasteiger partial charge in [-0.1, -0.05) is 26.0 Å². The molecular formula is C18H33N2O7P. The molecule has 0 aromatic carbocycles. The van der Waals surface area contributed by atoms with E-state index in [4.69, 9.17) is 4.89 Å². The molecule has 2 aliphatic rings. The SMILES string of the molecule is CC.COP(=O)(O)OCC(CO)NC(=O)CCNC(=O)CC1CC2C=CC1C2. The van der Waals surface area contributed by atoms with E-state index in [-0.39, 0.29) is 25.5 Å². The first kappa shape index (κ1) is 24.8. The van der Waals surface area contributed by atoms with Crippen LogP contribution in [0.4, 0.5) is 0 Å². The molecule has 0 heterocycles. The molecule has 2 aliphatic carbocycles. The van der Waals surface area contributed by atoms with Crippen molar-refractivity contribution in [2.75, 3.05) is 26.9 Å². The van der Waals surface area contributed by atoms with Gasteiger partial charge in [0.1, 0.15) is 0 Å². The maximum atomic E-state index is 12.0. The van der Waals surface area contributed by atoms with Crippen LogP contribution in [0, 0.1) is 17.8 Å². The Morgan fingerprint density at radius 3 is 2.50 bits per heavy atom. The van der Waals surface area contributed by atoms with E-state index < -0.39 is 26.4 Å². The van der Waals surface area contributed by atoms with Crippen LogP contribution in [-0.4, -0.2) is 54.7 Å². The summed E-state index contributed by atoms with van der Waals surface area (Å²) in [6.07, 6.45) is 7.15. The van der Waals surface area contributed by atoms with Crippen LogP contribution in [0.5, 0.6) is 0 Å². The summed E-state index contributed by atoms with van der Waals surface area (Å²) < 4.78 is 20.0. The molecule has 5 atom stereocenters. The highest BCUT2D eigenvalue weighted by Crippen LogP contribution is 2.44. The third-order valence-corrected chi connectivity index (χ3v) is 5.73. The number of phosphoric acid groups is 1. The van der Waals surface area contributed by atoms with Gasteiger partial charge in [-0.15, -0.1) is 0 Å². The number of amides is 2. The summed E-state index contributed by atoms with van der Waals surface area (Å²) >= 11 is 0. The standard InChI is InChI=1S/C16H27N2O7P.C2H6/c1-24-26(22,23)25-10-14(9-19)18-15(20)4-5-17-16(21)8-13-7-11-2-3-12(13)6-11;1-2/h2-3,11-14,19H,4-10H2,1H3,(H,17,21)(H,18,20)(H,22,23);1-2H3. The fraction of sp³-hybridized carbons (Fsp3) is 0.778. The molecule has 162 valence electrons. The second-order valence-corrected chi connectivity index (χ2v) is 8.30. The minimum atomic E-state index is -4.16. The fourth-order valence-electron chi connectivity index (χ4n) is 3.43. The number of hydrogen-bond donors (Lipinski definition) is 4. The zero-order valence-electron chi connectivity index (χ0n) is 16.8. The van der Waals surface area contributed by atoms with Crippen LogP contribution in [0.25, 0.3) is 0 Å². The molecule has 9 nitrogen and oxygen atoms in total. The molecule has 0 saturated heterocycles. The molecule has 2 bridgehead atoms. The first-order chi connectivity index (χ1) is 13.3. The number of rotatable bonds is 11. The number of aliphatic hydroxyl groups is 1. The van der Waals surface area contributed by atoms with E-state index in [2.05, 4.69) is 31.8 Å². The Hall–Kier alpha value is -1.25. The number of hydrogen-bond acceptors (Lipinski definition) is 6. The maximum Gasteiger partial charge on any atom is 0.471 e. The molecule has 10 heteroatoms. The lowest BCUT2D eigenvalue weighted by atomic mass is 9.90. The first-order valence-corrected chi connectivity index (χ1v) is 11.2. The Labute approximate surface area is 166 Å². The van der Waals surface area contributed by atoms with Crippen molar-refractivity contribution in [2.24, 2.45) is 17.8 Å². The Kier molecular flexibility index (Phi) is 10.9. The Balaban J connectivity index is 0.00000190. The number of carbonyl (C=O) groups is 2. The van der Waals surface area contributed by atoms with Crippen LogP contribution >= 0.6 is 7.82 Å². The van der Waals surface area contributed by atoms with Gasteiger partial charge in [-0.25, -0.2) is 4.57 Å². The predicted octanol–water partition coefficient (Wildman–Crippen LogP) is 1.36. The first-order valence-electron chi connectivity index (χ1n) is 9.71. The molecule has 0 radical (unpaired) electrons. The van der Waals surface area contributed by atoms with E-state index in [1.54, 1.807) is 0 Å². The molecule has 0 aliphatic heterocycles. The van der Waals surface area contributed by atoms with E-state index >= 15 is 0 Å². The molecular weight excluding hydrogens is 387 g/mol. The fourth-order valence-corrected chi connectivity index (χ4v) is 3.91. The van der Waals surface area contributed by atoms with Crippen LogP contribution in [-0.2, 0) is 23.2 Å². The largest absolute Gasteiger partial charge is 0.471 e. The van der Waals surface area contributed by atoms with Gasteiger partial charge in [-0.05, 0) is 30.6 Å². The highest BCUT2D eigenvalue weighted by atomic mass is 31.2. The average molecular weight is 420 g/mol. The van der Waals surface area contributed by atoms with Crippen molar-refractivity contribution < 1.29 is 33.2 Å². The van der Waals surface area contributed by atoms with Gasteiger partial charge in [-0.3, -0.25) is 18.6 Å². The van der Waals surface area contributed by atoms with Gasteiger partial charge in [-0.2, -0.15) is 0 Å². The van der Waals surface area contributed by atoms with Crippen LogP contribution in [0.2, 0.25) is 0 Å². The minimum Gasteiger partial charge on any atom is -0.394 e. The predicted molar refractivity (Wildman–Crippen MR) is 104 cm³/mol. The highest BCUT2D eigenvalue weighted by Gasteiger charge is 2.36. The van der Waals surface area contributed by atoms with E-state index in [0.717, 1.165) is 20.0 Å². The van der Waals surface area contributed by atoms with Gasteiger partial charge in [0, 0.05) is 26.5 Å². The number of phosphoric ester groups is 1. The molecule has 4 N–H and O–H groups in total. The summed E-state index contributed by atoms with van der Waals surface area (Å²) in [5, 5.41) is 14.4. The third kappa shape index (κ3) is 8.41. The molecule has 1 fully saturated rings. The van der Waals surface area contributed by atoms with Crippen LogP contribution in [0.15, 0.2) is 12.2 Å². The van der Waals surface area contributed by atoms with Crippen molar-refractivity contribution in [3.8, 4) is 0 Å². The van der Waals surface area contributed by atoms with Crippen LogP contribution in [0.3, 0.4) is 0 Å². The summed E-state index contributed by atoms with van der Waals surface area (Å²) in [5.41, 5.74) is 0. The number of fused-ring (bicyclic) bond motifs is 2. The summed E-state index contributed by atoms with van der Waals surface area (Å²) in [5.74, 6) is 1.06. The Bertz CT molecular complexity index is 584. The summed E-state index contributed by atoms with van der Waals surface area (Å²) in [7, 11) is -3.15. The van der Waals surface area contributed by atoms with Gasteiger partial charge in [0.25, 0.3) is 0 Å². The molecule has 0 spiro atoms. The van der Waals surface area contributed by atoms with Crippen molar-refractivity contribution >= 4 is 19.6 Å². The van der Waals surface area contributed by atoms with Crippen molar-refractivity contribution in [1.82, 2.24) is 10.6 Å². The molecule has 2 amide bonds. The summed E-state index contributed by atoms with van der Waals surface area (Å²) in [4.78, 5) is 32.9. The number of aliphatic hydroxyl groups excluding tert-OH is 1. The smallest absolute Gasteiger partial charge is 0.394 e. The van der Waals surface area contributed by atoms with Crippen molar-refractivity contribution in [1.29, 1.82) is 0 Å². The van der Waals surface area contributed by atoms with Gasteiger partial charge in [0.05, 0.1) is 19.3 Å². The topological polar surface area (TPSA) is 134 Å². The molecule has 0 aromatic heterocycles.